The van der Waals surface area contributed by atoms with Gasteiger partial charge in [0.1, 0.15) is 29.5 Å². The number of benzene rings is 1. The van der Waals surface area contributed by atoms with Crippen molar-refractivity contribution in [2.75, 3.05) is 0 Å². The van der Waals surface area contributed by atoms with Crippen LogP contribution in [0.5, 0.6) is 11.5 Å². The second kappa shape index (κ2) is 5.63. The first-order valence-electron chi connectivity index (χ1n) is 5.64. The Hall–Kier alpha value is -2.88. The molecule has 2 rings (SSSR count). The standard InChI is InChI=1S/C14H7F3N2O2/c15-14(16,17)13-4-2-11(7-19-13)21-12-3-1-9(8-20)5-10(12)6-18/h1-5,7-8H. The van der Waals surface area contributed by atoms with Crippen LogP contribution in [0.15, 0.2) is 36.5 Å². The lowest BCUT2D eigenvalue weighted by Crippen LogP contribution is -2.07. The van der Waals surface area contributed by atoms with Crippen molar-refractivity contribution in [1.82, 2.24) is 4.98 Å². The van der Waals surface area contributed by atoms with Crippen LogP contribution in [0.2, 0.25) is 0 Å². The Morgan fingerprint density at radius 2 is 2.00 bits per heavy atom. The number of halogens is 3. The molecule has 1 heterocycles. The maximum atomic E-state index is 12.4. The van der Waals surface area contributed by atoms with Gasteiger partial charge in [-0.25, -0.2) is 4.98 Å². The van der Waals surface area contributed by atoms with Crippen LogP contribution in [0.4, 0.5) is 13.2 Å². The third kappa shape index (κ3) is 3.36. The van der Waals surface area contributed by atoms with Gasteiger partial charge in [0.2, 0.25) is 0 Å². The zero-order valence-electron chi connectivity index (χ0n) is 10.4. The first kappa shape index (κ1) is 14.5. The summed E-state index contributed by atoms with van der Waals surface area (Å²) < 4.78 is 42.4. The van der Waals surface area contributed by atoms with Gasteiger partial charge in [0.15, 0.2) is 0 Å². The molecule has 0 N–H and O–H groups in total. The Balaban J connectivity index is 2.26. The van der Waals surface area contributed by atoms with Crippen LogP contribution < -0.4 is 4.74 Å². The smallest absolute Gasteiger partial charge is 0.433 e. The zero-order valence-corrected chi connectivity index (χ0v) is 10.4. The Labute approximate surface area is 117 Å². The van der Waals surface area contributed by atoms with Crippen LogP contribution >= 0.6 is 0 Å². The fourth-order valence-electron chi connectivity index (χ4n) is 1.53. The highest BCUT2D eigenvalue weighted by Crippen LogP contribution is 2.30. The van der Waals surface area contributed by atoms with Gasteiger partial charge in [0.05, 0.1) is 11.8 Å². The van der Waals surface area contributed by atoms with E-state index in [-0.39, 0.29) is 17.1 Å². The number of aromatic nitrogens is 1. The molecule has 0 saturated carbocycles. The third-order valence-electron chi connectivity index (χ3n) is 2.51. The first-order valence-corrected chi connectivity index (χ1v) is 5.64. The zero-order chi connectivity index (χ0) is 15.5. The first-order chi connectivity index (χ1) is 9.94. The van der Waals surface area contributed by atoms with Crippen molar-refractivity contribution >= 4 is 6.29 Å². The summed E-state index contributed by atoms with van der Waals surface area (Å²) in [6.45, 7) is 0. The maximum absolute atomic E-state index is 12.4. The number of nitrogens with zero attached hydrogens (tertiary/aromatic N) is 2. The molecule has 4 nitrogen and oxygen atoms in total. The topological polar surface area (TPSA) is 63.0 Å². The second-order valence-electron chi connectivity index (χ2n) is 3.96. The third-order valence-corrected chi connectivity index (χ3v) is 2.51. The number of hydrogen-bond donors (Lipinski definition) is 0. The van der Waals surface area contributed by atoms with Gasteiger partial charge in [-0.2, -0.15) is 18.4 Å². The van der Waals surface area contributed by atoms with E-state index < -0.39 is 11.9 Å². The van der Waals surface area contributed by atoms with Crippen molar-refractivity contribution in [3.63, 3.8) is 0 Å². The van der Waals surface area contributed by atoms with E-state index in [4.69, 9.17) is 10.00 Å². The van der Waals surface area contributed by atoms with Crippen molar-refractivity contribution in [1.29, 1.82) is 5.26 Å². The van der Waals surface area contributed by atoms with Gasteiger partial charge in [-0.1, -0.05) is 0 Å². The molecule has 21 heavy (non-hydrogen) atoms. The number of carbonyl (C=O) groups excluding carboxylic acids is 1. The minimum Gasteiger partial charge on any atom is -0.454 e. The fraction of sp³-hybridized carbons (Fsp3) is 0.0714. The Morgan fingerprint density at radius 3 is 2.52 bits per heavy atom. The van der Waals surface area contributed by atoms with E-state index in [1.165, 1.54) is 18.2 Å². The largest absolute Gasteiger partial charge is 0.454 e. The van der Waals surface area contributed by atoms with Gasteiger partial charge in [0, 0.05) is 5.56 Å². The SMILES string of the molecule is N#Cc1cc(C=O)ccc1Oc1ccc(C(F)(F)F)nc1. The van der Waals surface area contributed by atoms with E-state index in [0.29, 0.717) is 11.8 Å². The number of ether oxygens (including phenoxy) is 1. The molecule has 0 saturated heterocycles. The highest BCUT2D eigenvalue weighted by molar-refractivity contribution is 5.76. The molecule has 7 heteroatoms. The number of nitriles is 1. The van der Waals surface area contributed by atoms with Crippen LogP contribution in [-0.4, -0.2) is 11.3 Å². The summed E-state index contributed by atoms with van der Waals surface area (Å²) in [5.41, 5.74) is -0.643. The average Bonchev–Trinajstić information content (AvgIpc) is 2.47. The van der Waals surface area contributed by atoms with E-state index in [2.05, 4.69) is 4.98 Å². The van der Waals surface area contributed by atoms with Crippen molar-refractivity contribution < 1.29 is 22.7 Å². The van der Waals surface area contributed by atoms with Gasteiger partial charge in [-0.15, -0.1) is 0 Å². The van der Waals surface area contributed by atoms with Gasteiger partial charge in [0.25, 0.3) is 0 Å². The Kier molecular flexibility index (Phi) is 3.89. The molecule has 0 aliphatic rings. The lowest BCUT2D eigenvalue weighted by Gasteiger charge is -2.09. The molecule has 0 aliphatic heterocycles. The minimum atomic E-state index is -4.53. The molecular weight excluding hydrogens is 285 g/mol. The molecule has 0 spiro atoms. The molecule has 2 aromatic rings. The number of hydrogen-bond acceptors (Lipinski definition) is 4. The molecule has 1 aromatic carbocycles. The van der Waals surface area contributed by atoms with E-state index in [1.54, 1.807) is 0 Å². The van der Waals surface area contributed by atoms with Crippen LogP contribution in [0.3, 0.4) is 0 Å². The number of rotatable bonds is 3. The summed E-state index contributed by atoms with van der Waals surface area (Å²) >= 11 is 0. The summed E-state index contributed by atoms with van der Waals surface area (Å²) in [6, 6.07) is 7.86. The lowest BCUT2D eigenvalue weighted by molar-refractivity contribution is -0.141. The summed E-state index contributed by atoms with van der Waals surface area (Å²) in [5.74, 6) is 0.183. The van der Waals surface area contributed by atoms with Crippen molar-refractivity contribution in [3.8, 4) is 17.6 Å². The van der Waals surface area contributed by atoms with Crippen molar-refractivity contribution in [3.05, 3.63) is 53.3 Å². The summed E-state index contributed by atoms with van der Waals surface area (Å²) in [7, 11) is 0. The number of alkyl halides is 3. The van der Waals surface area contributed by atoms with E-state index in [1.807, 2.05) is 6.07 Å². The van der Waals surface area contributed by atoms with Gasteiger partial charge in [-0.05, 0) is 30.3 Å². The number of carbonyl (C=O) groups is 1. The average molecular weight is 292 g/mol. The van der Waals surface area contributed by atoms with E-state index in [0.717, 1.165) is 18.3 Å². The molecule has 0 unspecified atom stereocenters. The summed E-state index contributed by atoms with van der Waals surface area (Å²) in [5, 5.41) is 8.96. The van der Waals surface area contributed by atoms with Gasteiger partial charge in [-0.3, -0.25) is 4.79 Å². The van der Waals surface area contributed by atoms with Gasteiger partial charge < -0.3 is 4.74 Å². The molecule has 0 aliphatic carbocycles. The maximum Gasteiger partial charge on any atom is 0.433 e. The molecular formula is C14H7F3N2O2. The highest BCUT2D eigenvalue weighted by atomic mass is 19.4. The van der Waals surface area contributed by atoms with Gasteiger partial charge >= 0.3 is 6.18 Å². The second-order valence-corrected chi connectivity index (χ2v) is 3.96. The van der Waals surface area contributed by atoms with Crippen molar-refractivity contribution in [2.24, 2.45) is 0 Å². The number of pyridine rings is 1. The quantitative estimate of drug-likeness (QED) is 0.811. The molecule has 0 atom stereocenters. The van der Waals surface area contributed by atoms with Crippen LogP contribution in [0.1, 0.15) is 21.6 Å². The Morgan fingerprint density at radius 1 is 1.24 bits per heavy atom. The van der Waals surface area contributed by atoms with E-state index >= 15 is 0 Å². The molecule has 0 radical (unpaired) electrons. The molecule has 106 valence electrons. The Bertz CT molecular complexity index is 704. The summed E-state index contributed by atoms with van der Waals surface area (Å²) in [6.07, 6.45) is -3.04. The molecule has 1 aromatic heterocycles. The lowest BCUT2D eigenvalue weighted by atomic mass is 10.1. The van der Waals surface area contributed by atoms with Crippen LogP contribution in [-0.2, 0) is 6.18 Å². The van der Waals surface area contributed by atoms with E-state index in [9.17, 15) is 18.0 Å². The predicted molar refractivity (Wildman–Crippen MR) is 65.9 cm³/mol. The molecule has 0 amide bonds. The highest BCUT2D eigenvalue weighted by Gasteiger charge is 2.32. The van der Waals surface area contributed by atoms with Crippen LogP contribution in [0.25, 0.3) is 0 Å². The van der Waals surface area contributed by atoms with Crippen LogP contribution in [0, 0.1) is 11.3 Å². The predicted octanol–water partition coefficient (Wildman–Crippen LogP) is 3.58. The molecule has 0 bridgehead atoms. The minimum absolute atomic E-state index is 0.0540. The summed E-state index contributed by atoms with van der Waals surface area (Å²) in [4.78, 5) is 13.9. The number of aldehydes is 1. The van der Waals surface area contributed by atoms with Crippen molar-refractivity contribution in [2.45, 2.75) is 6.18 Å². The monoisotopic (exact) mass is 292 g/mol. The molecule has 0 fully saturated rings. The normalized spacial score (nSPS) is 10.8. The fourth-order valence-corrected chi connectivity index (χ4v) is 1.53.